The number of benzene rings is 1. The monoisotopic (exact) mass is 255 g/mol. The third-order valence-electron chi connectivity index (χ3n) is 1.83. The second-order valence-corrected chi connectivity index (χ2v) is 3.79. The lowest BCUT2D eigenvalue weighted by Gasteiger charge is -2.05. The van der Waals surface area contributed by atoms with Crippen LogP contribution in [0.5, 0.6) is 11.6 Å². The van der Waals surface area contributed by atoms with E-state index in [2.05, 4.69) is 15.2 Å². The van der Waals surface area contributed by atoms with Crippen molar-refractivity contribution in [2.45, 2.75) is 6.92 Å². The number of aryl methyl sites for hydroxylation is 1. The summed E-state index contributed by atoms with van der Waals surface area (Å²) < 4.78 is 5.41. The van der Waals surface area contributed by atoms with Crippen molar-refractivity contribution < 1.29 is 4.74 Å². The molecule has 0 aliphatic carbocycles. The standard InChI is InChI=1S/C10H7Cl2N3O/c1-6-2-4-7(5-3-6)16-9-8(11)14-15-10(12)13-9/h2-5H,1H3. The summed E-state index contributed by atoms with van der Waals surface area (Å²) in [4.78, 5) is 3.83. The van der Waals surface area contributed by atoms with Crippen molar-refractivity contribution >= 4 is 23.2 Å². The predicted octanol–water partition coefficient (Wildman–Crippen LogP) is 3.28. The molecule has 6 heteroatoms. The minimum Gasteiger partial charge on any atom is -0.436 e. The summed E-state index contributed by atoms with van der Waals surface area (Å²) in [5, 5.41) is 7.14. The van der Waals surface area contributed by atoms with E-state index in [4.69, 9.17) is 27.9 Å². The second-order valence-electron chi connectivity index (χ2n) is 3.09. The zero-order valence-electron chi connectivity index (χ0n) is 8.32. The summed E-state index contributed by atoms with van der Waals surface area (Å²) >= 11 is 11.3. The fourth-order valence-electron chi connectivity index (χ4n) is 1.06. The van der Waals surface area contributed by atoms with Gasteiger partial charge in [0.2, 0.25) is 10.4 Å². The largest absolute Gasteiger partial charge is 0.436 e. The topological polar surface area (TPSA) is 47.9 Å². The van der Waals surface area contributed by atoms with Crippen LogP contribution in [-0.2, 0) is 0 Å². The first-order chi connectivity index (χ1) is 7.65. The van der Waals surface area contributed by atoms with Crippen molar-refractivity contribution in [2.75, 3.05) is 0 Å². The third-order valence-corrected chi connectivity index (χ3v) is 2.22. The Balaban J connectivity index is 2.26. The molecule has 2 rings (SSSR count). The molecule has 4 nitrogen and oxygen atoms in total. The molecule has 0 radical (unpaired) electrons. The van der Waals surface area contributed by atoms with Crippen LogP contribution >= 0.6 is 23.2 Å². The number of hydrogen-bond acceptors (Lipinski definition) is 4. The molecule has 0 unspecified atom stereocenters. The van der Waals surface area contributed by atoms with Gasteiger partial charge in [-0.1, -0.05) is 29.3 Å². The van der Waals surface area contributed by atoms with Gasteiger partial charge in [-0.25, -0.2) is 0 Å². The summed E-state index contributed by atoms with van der Waals surface area (Å²) in [5.41, 5.74) is 1.14. The Kier molecular flexibility index (Phi) is 3.22. The molecule has 82 valence electrons. The molecule has 2 aromatic rings. The molecule has 0 spiro atoms. The van der Waals surface area contributed by atoms with Crippen molar-refractivity contribution in [1.29, 1.82) is 0 Å². The van der Waals surface area contributed by atoms with Gasteiger partial charge in [-0.05, 0) is 30.7 Å². The second kappa shape index (κ2) is 4.63. The van der Waals surface area contributed by atoms with E-state index in [1.807, 2.05) is 31.2 Å². The van der Waals surface area contributed by atoms with Gasteiger partial charge in [-0.2, -0.15) is 4.98 Å². The Bertz CT molecular complexity index is 502. The molecule has 0 bridgehead atoms. The predicted molar refractivity (Wildman–Crippen MR) is 61.1 cm³/mol. The molecule has 0 saturated heterocycles. The van der Waals surface area contributed by atoms with Gasteiger partial charge in [0.05, 0.1) is 0 Å². The van der Waals surface area contributed by atoms with Gasteiger partial charge in [-0.15, -0.1) is 10.2 Å². The number of ether oxygens (including phenoxy) is 1. The molecule has 0 N–H and O–H groups in total. The highest BCUT2D eigenvalue weighted by atomic mass is 35.5. The SMILES string of the molecule is Cc1ccc(Oc2nc(Cl)nnc2Cl)cc1. The summed E-state index contributed by atoms with van der Waals surface area (Å²) in [6.07, 6.45) is 0. The molecular weight excluding hydrogens is 249 g/mol. The Morgan fingerprint density at radius 2 is 1.75 bits per heavy atom. The first-order valence-corrected chi connectivity index (χ1v) is 5.21. The zero-order valence-corrected chi connectivity index (χ0v) is 9.83. The molecule has 0 amide bonds. The first-order valence-electron chi connectivity index (χ1n) is 4.45. The Morgan fingerprint density at radius 1 is 1.06 bits per heavy atom. The maximum atomic E-state index is 5.76. The highest BCUT2D eigenvalue weighted by molar-refractivity contribution is 6.31. The summed E-state index contributed by atoms with van der Waals surface area (Å²) in [6.45, 7) is 1.99. The van der Waals surface area contributed by atoms with Crippen LogP contribution in [0.25, 0.3) is 0 Å². The van der Waals surface area contributed by atoms with Crippen LogP contribution in [-0.4, -0.2) is 15.2 Å². The van der Waals surface area contributed by atoms with Crippen LogP contribution in [0.1, 0.15) is 5.56 Å². The quantitative estimate of drug-likeness (QED) is 0.827. The highest BCUT2D eigenvalue weighted by Crippen LogP contribution is 2.25. The van der Waals surface area contributed by atoms with Crippen LogP contribution in [0.4, 0.5) is 0 Å². The molecule has 0 saturated carbocycles. The molecule has 1 aromatic heterocycles. The van der Waals surface area contributed by atoms with E-state index in [1.54, 1.807) is 0 Å². The minimum atomic E-state index is -0.00786. The van der Waals surface area contributed by atoms with Gasteiger partial charge >= 0.3 is 0 Å². The van der Waals surface area contributed by atoms with Gasteiger partial charge in [0, 0.05) is 0 Å². The third kappa shape index (κ3) is 2.59. The van der Waals surface area contributed by atoms with E-state index in [0.29, 0.717) is 5.75 Å². The molecule has 0 aliphatic rings. The fraction of sp³-hybridized carbons (Fsp3) is 0.100. The smallest absolute Gasteiger partial charge is 0.262 e. The van der Waals surface area contributed by atoms with Crippen LogP contribution in [0, 0.1) is 6.92 Å². The Hall–Kier alpha value is -1.39. The van der Waals surface area contributed by atoms with E-state index in [-0.39, 0.29) is 16.3 Å². The van der Waals surface area contributed by atoms with Crippen LogP contribution in [0.15, 0.2) is 24.3 Å². The summed E-state index contributed by atoms with van der Waals surface area (Å²) in [7, 11) is 0. The van der Waals surface area contributed by atoms with Crippen molar-refractivity contribution in [1.82, 2.24) is 15.2 Å². The normalized spacial score (nSPS) is 10.2. The molecule has 16 heavy (non-hydrogen) atoms. The number of halogens is 2. The van der Waals surface area contributed by atoms with Gasteiger partial charge in [-0.3, -0.25) is 0 Å². The van der Waals surface area contributed by atoms with Crippen molar-refractivity contribution in [2.24, 2.45) is 0 Å². The zero-order chi connectivity index (χ0) is 11.5. The van der Waals surface area contributed by atoms with Gasteiger partial charge in [0.25, 0.3) is 5.88 Å². The average molecular weight is 256 g/mol. The van der Waals surface area contributed by atoms with E-state index >= 15 is 0 Å². The number of nitrogens with zero attached hydrogens (tertiary/aromatic N) is 3. The number of rotatable bonds is 2. The van der Waals surface area contributed by atoms with E-state index in [1.165, 1.54) is 0 Å². The van der Waals surface area contributed by atoms with Crippen LogP contribution < -0.4 is 4.74 Å². The van der Waals surface area contributed by atoms with Crippen molar-refractivity contribution in [3.05, 3.63) is 40.3 Å². The molecule has 1 heterocycles. The summed E-state index contributed by atoms with van der Waals surface area (Å²) in [6, 6.07) is 7.45. The number of aromatic nitrogens is 3. The highest BCUT2D eigenvalue weighted by Gasteiger charge is 2.08. The van der Waals surface area contributed by atoms with Crippen LogP contribution in [0.3, 0.4) is 0 Å². The van der Waals surface area contributed by atoms with E-state index in [0.717, 1.165) is 5.56 Å². The average Bonchev–Trinajstić information content (AvgIpc) is 2.27. The molecule has 0 fully saturated rings. The minimum absolute atomic E-state index is 0.00786. The molecule has 0 aliphatic heterocycles. The lowest BCUT2D eigenvalue weighted by Crippen LogP contribution is -1.94. The first kappa shape index (κ1) is 11.1. The molecular formula is C10H7Cl2N3O. The lowest BCUT2D eigenvalue weighted by atomic mass is 10.2. The van der Waals surface area contributed by atoms with Gasteiger partial charge in [0.1, 0.15) is 5.75 Å². The molecule has 0 atom stereocenters. The van der Waals surface area contributed by atoms with Gasteiger partial charge in [0.15, 0.2) is 0 Å². The maximum absolute atomic E-state index is 5.76. The van der Waals surface area contributed by atoms with Crippen LogP contribution in [0.2, 0.25) is 10.4 Å². The van der Waals surface area contributed by atoms with E-state index < -0.39 is 0 Å². The fourth-order valence-corrected chi connectivity index (χ4v) is 1.30. The van der Waals surface area contributed by atoms with Crippen molar-refractivity contribution in [3.63, 3.8) is 0 Å². The lowest BCUT2D eigenvalue weighted by molar-refractivity contribution is 0.457. The molecule has 1 aromatic carbocycles. The van der Waals surface area contributed by atoms with Gasteiger partial charge < -0.3 is 4.74 Å². The van der Waals surface area contributed by atoms with E-state index in [9.17, 15) is 0 Å². The Morgan fingerprint density at radius 3 is 2.44 bits per heavy atom. The Labute approximate surface area is 102 Å². The van der Waals surface area contributed by atoms with Crippen molar-refractivity contribution in [3.8, 4) is 11.6 Å². The summed E-state index contributed by atoms with van der Waals surface area (Å²) in [5.74, 6) is 0.759. The maximum Gasteiger partial charge on any atom is 0.262 e. The number of hydrogen-bond donors (Lipinski definition) is 0.